The maximum atomic E-state index is 11.9. The predicted molar refractivity (Wildman–Crippen MR) is 81.0 cm³/mol. The standard InChI is InChI=1S/C16H18N4O/c1-11-2-4-12(5-3-11)9-17-15-8-14(18-10-19-15)16(21)20-13-6-7-13/h2-5,8,10,13H,6-7,9H2,1H3,(H,20,21)(H,17,18,19). The van der Waals surface area contributed by atoms with E-state index in [9.17, 15) is 4.79 Å². The smallest absolute Gasteiger partial charge is 0.270 e. The first-order chi connectivity index (χ1) is 10.2. The van der Waals surface area contributed by atoms with Crippen LogP contribution in [0, 0.1) is 6.92 Å². The molecule has 0 aliphatic heterocycles. The molecule has 2 aromatic rings. The largest absolute Gasteiger partial charge is 0.366 e. The van der Waals surface area contributed by atoms with Crippen molar-refractivity contribution in [2.24, 2.45) is 0 Å². The molecule has 1 aromatic carbocycles. The van der Waals surface area contributed by atoms with Gasteiger partial charge in [-0.25, -0.2) is 9.97 Å². The van der Waals surface area contributed by atoms with Crippen molar-refractivity contribution in [3.05, 3.63) is 53.5 Å². The van der Waals surface area contributed by atoms with E-state index in [1.165, 1.54) is 17.5 Å². The van der Waals surface area contributed by atoms with Crippen LogP contribution in [0.2, 0.25) is 0 Å². The molecule has 1 aromatic heterocycles. The van der Waals surface area contributed by atoms with Gasteiger partial charge in [0.15, 0.2) is 0 Å². The first-order valence-corrected chi connectivity index (χ1v) is 7.13. The van der Waals surface area contributed by atoms with Crippen LogP contribution in [0.3, 0.4) is 0 Å². The van der Waals surface area contributed by atoms with Gasteiger partial charge in [0.2, 0.25) is 0 Å². The van der Waals surface area contributed by atoms with Crippen molar-refractivity contribution in [1.29, 1.82) is 0 Å². The number of benzene rings is 1. The summed E-state index contributed by atoms with van der Waals surface area (Å²) in [5.74, 6) is 0.532. The molecule has 0 bridgehead atoms. The Kier molecular flexibility index (Phi) is 3.81. The summed E-state index contributed by atoms with van der Waals surface area (Å²) in [5.41, 5.74) is 2.81. The van der Waals surface area contributed by atoms with E-state index in [4.69, 9.17) is 0 Å². The van der Waals surface area contributed by atoms with Crippen molar-refractivity contribution < 1.29 is 4.79 Å². The molecule has 1 aliphatic rings. The van der Waals surface area contributed by atoms with Crippen molar-refractivity contribution >= 4 is 11.7 Å². The molecule has 0 spiro atoms. The number of amides is 1. The van der Waals surface area contributed by atoms with Gasteiger partial charge in [0.25, 0.3) is 5.91 Å². The number of rotatable bonds is 5. The van der Waals surface area contributed by atoms with E-state index in [1.807, 2.05) is 0 Å². The summed E-state index contributed by atoms with van der Waals surface area (Å²) >= 11 is 0. The zero-order chi connectivity index (χ0) is 14.7. The molecule has 2 N–H and O–H groups in total. The lowest BCUT2D eigenvalue weighted by Gasteiger charge is -2.07. The first kappa shape index (κ1) is 13.5. The second-order valence-electron chi connectivity index (χ2n) is 5.38. The second kappa shape index (κ2) is 5.91. The van der Waals surface area contributed by atoms with Crippen molar-refractivity contribution in [2.45, 2.75) is 32.4 Å². The summed E-state index contributed by atoms with van der Waals surface area (Å²) < 4.78 is 0. The molecule has 0 unspecified atom stereocenters. The average Bonchev–Trinajstić information content (AvgIpc) is 3.31. The molecular formula is C16H18N4O. The number of carbonyl (C=O) groups excluding carboxylic acids is 1. The third kappa shape index (κ3) is 3.78. The van der Waals surface area contributed by atoms with E-state index in [0.717, 1.165) is 12.8 Å². The van der Waals surface area contributed by atoms with Crippen molar-refractivity contribution in [3.63, 3.8) is 0 Å². The molecule has 1 saturated carbocycles. The molecule has 0 atom stereocenters. The Morgan fingerprint density at radius 3 is 2.71 bits per heavy atom. The zero-order valence-corrected chi connectivity index (χ0v) is 12.0. The molecule has 5 nitrogen and oxygen atoms in total. The topological polar surface area (TPSA) is 66.9 Å². The third-order valence-corrected chi connectivity index (χ3v) is 3.41. The highest BCUT2D eigenvalue weighted by Crippen LogP contribution is 2.19. The van der Waals surface area contributed by atoms with Gasteiger partial charge in [-0.15, -0.1) is 0 Å². The van der Waals surface area contributed by atoms with Crippen LogP contribution in [0.5, 0.6) is 0 Å². The minimum Gasteiger partial charge on any atom is -0.366 e. The van der Waals surface area contributed by atoms with E-state index in [2.05, 4.69) is 51.8 Å². The molecule has 1 amide bonds. The number of aryl methyl sites for hydroxylation is 1. The Bertz CT molecular complexity index is 635. The van der Waals surface area contributed by atoms with Crippen LogP contribution in [-0.2, 0) is 6.54 Å². The van der Waals surface area contributed by atoms with E-state index in [-0.39, 0.29) is 5.91 Å². The first-order valence-electron chi connectivity index (χ1n) is 7.13. The van der Waals surface area contributed by atoms with E-state index >= 15 is 0 Å². The summed E-state index contributed by atoms with van der Waals surface area (Å²) in [5, 5.41) is 6.13. The molecule has 21 heavy (non-hydrogen) atoms. The van der Waals surface area contributed by atoms with Gasteiger partial charge >= 0.3 is 0 Å². The lowest BCUT2D eigenvalue weighted by Crippen LogP contribution is -2.26. The lowest BCUT2D eigenvalue weighted by atomic mass is 10.1. The summed E-state index contributed by atoms with van der Waals surface area (Å²) in [6.07, 6.45) is 3.55. The Hall–Kier alpha value is -2.43. The highest BCUT2D eigenvalue weighted by molar-refractivity contribution is 5.93. The maximum absolute atomic E-state index is 11.9. The number of nitrogens with one attached hydrogen (secondary N) is 2. The normalized spacial score (nSPS) is 13.8. The Morgan fingerprint density at radius 2 is 2.00 bits per heavy atom. The van der Waals surface area contributed by atoms with Gasteiger partial charge < -0.3 is 10.6 Å². The molecule has 1 fully saturated rings. The van der Waals surface area contributed by atoms with Crippen LogP contribution in [0.1, 0.15) is 34.5 Å². The van der Waals surface area contributed by atoms with Crippen molar-refractivity contribution in [1.82, 2.24) is 15.3 Å². The maximum Gasteiger partial charge on any atom is 0.270 e. The molecule has 3 rings (SSSR count). The number of carbonyl (C=O) groups is 1. The molecule has 5 heteroatoms. The van der Waals surface area contributed by atoms with Gasteiger partial charge in [0.05, 0.1) is 0 Å². The van der Waals surface area contributed by atoms with Crippen LogP contribution in [0.25, 0.3) is 0 Å². The van der Waals surface area contributed by atoms with Crippen LogP contribution >= 0.6 is 0 Å². The summed E-state index contributed by atoms with van der Waals surface area (Å²) in [4.78, 5) is 20.1. The fourth-order valence-corrected chi connectivity index (χ4v) is 1.96. The summed E-state index contributed by atoms with van der Waals surface area (Å²) in [6, 6.07) is 10.3. The number of hydrogen-bond acceptors (Lipinski definition) is 4. The van der Waals surface area contributed by atoms with Crippen LogP contribution < -0.4 is 10.6 Å². The predicted octanol–water partition coefficient (Wildman–Crippen LogP) is 2.29. The van der Waals surface area contributed by atoms with Gasteiger partial charge in [0, 0.05) is 18.7 Å². The Labute approximate surface area is 123 Å². The van der Waals surface area contributed by atoms with E-state index < -0.39 is 0 Å². The third-order valence-electron chi connectivity index (χ3n) is 3.41. The van der Waals surface area contributed by atoms with Gasteiger partial charge in [-0.2, -0.15) is 0 Å². The highest BCUT2D eigenvalue weighted by atomic mass is 16.2. The quantitative estimate of drug-likeness (QED) is 0.883. The summed E-state index contributed by atoms with van der Waals surface area (Å²) in [6.45, 7) is 2.73. The molecule has 108 valence electrons. The minimum atomic E-state index is -0.127. The van der Waals surface area contributed by atoms with Crippen molar-refractivity contribution in [3.8, 4) is 0 Å². The number of anilines is 1. The fraction of sp³-hybridized carbons (Fsp3) is 0.312. The van der Waals surface area contributed by atoms with Gasteiger partial charge in [-0.3, -0.25) is 4.79 Å². The SMILES string of the molecule is Cc1ccc(CNc2cc(C(=O)NC3CC3)ncn2)cc1. The summed E-state index contributed by atoms with van der Waals surface area (Å²) in [7, 11) is 0. The van der Waals surface area contributed by atoms with Crippen LogP contribution in [0.15, 0.2) is 36.7 Å². The molecule has 0 radical (unpaired) electrons. The molecule has 1 aliphatic carbocycles. The highest BCUT2D eigenvalue weighted by Gasteiger charge is 2.24. The minimum absolute atomic E-state index is 0.127. The van der Waals surface area contributed by atoms with Gasteiger partial charge in [0.1, 0.15) is 17.8 Å². The Balaban J connectivity index is 1.62. The Morgan fingerprint density at radius 1 is 1.24 bits per heavy atom. The molecular weight excluding hydrogens is 264 g/mol. The number of hydrogen-bond donors (Lipinski definition) is 2. The number of aromatic nitrogens is 2. The van der Waals surface area contributed by atoms with Crippen molar-refractivity contribution in [2.75, 3.05) is 5.32 Å². The molecule has 0 saturated heterocycles. The van der Waals surface area contributed by atoms with Crippen LogP contribution in [0.4, 0.5) is 5.82 Å². The second-order valence-corrected chi connectivity index (χ2v) is 5.38. The van der Waals surface area contributed by atoms with Gasteiger partial charge in [-0.05, 0) is 25.3 Å². The molecule has 1 heterocycles. The zero-order valence-electron chi connectivity index (χ0n) is 12.0. The van der Waals surface area contributed by atoms with Gasteiger partial charge in [-0.1, -0.05) is 29.8 Å². The van der Waals surface area contributed by atoms with Crippen LogP contribution in [-0.4, -0.2) is 21.9 Å². The lowest BCUT2D eigenvalue weighted by molar-refractivity contribution is 0.0946. The average molecular weight is 282 g/mol. The van der Waals surface area contributed by atoms with E-state index in [1.54, 1.807) is 6.07 Å². The van der Waals surface area contributed by atoms with E-state index in [0.29, 0.717) is 24.1 Å². The monoisotopic (exact) mass is 282 g/mol. The number of nitrogens with zero attached hydrogens (tertiary/aromatic N) is 2. The fourth-order valence-electron chi connectivity index (χ4n) is 1.96.